The molecule has 5 nitrogen and oxygen atoms in total. The normalized spacial score (nSPS) is 11.4. The predicted octanol–water partition coefficient (Wildman–Crippen LogP) is 3.30. The van der Waals surface area contributed by atoms with Gasteiger partial charge in [0.1, 0.15) is 0 Å². The zero-order valence-electron chi connectivity index (χ0n) is 14.7. The van der Waals surface area contributed by atoms with Gasteiger partial charge in [0.25, 0.3) is 10.0 Å². The minimum absolute atomic E-state index is 0.0837. The van der Waals surface area contributed by atoms with Crippen LogP contribution in [0.3, 0.4) is 0 Å². The molecule has 0 atom stereocenters. The van der Waals surface area contributed by atoms with Gasteiger partial charge in [-0.05, 0) is 62.1 Å². The molecule has 0 saturated heterocycles. The summed E-state index contributed by atoms with van der Waals surface area (Å²) in [7, 11) is -3.76. The number of carbonyl (C=O) groups excluding carboxylic acids is 1. The number of nitrogens with two attached hydrogens (primary N) is 1. The molecule has 3 N–H and O–H groups in total. The van der Waals surface area contributed by atoms with Crippen LogP contribution >= 0.6 is 11.8 Å². The molecular weight excluding hydrogens is 356 g/mol. The second kappa shape index (κ2) is 7.49. The van der Waals surface area contributed by atoms with Crippen LogP contribution in [0.15, 0.2) is 40.1 Å². The molecule has 0 aliphatic rings. The molecule has 1 amide bonds. The maximum atomic E-state index is 13.0. The number of aryl methyl sites for hydroxylation is 2. The van der Waals surface area contributed by atoms with Crippen molar-refractivity contribution in [2.24, 2.45) is 5.73 Å². The molecule has 2 rings (SSSR count). The zero-order chi connectivity index (χ0) is 18.8. The average Bonchev–Trinajstić information content (AvgIpc) is 2.51. The molecule has 7 heteroatoms. The maximum absolute atomic E-state index is 13.0. The number of benzene rings is 2. The maximum Gasteiger partial charge on any atom is 0.262 e. The van der Waals surface area contributed by atoms with Crippen molar-refractivity contribution in [3.05, 3.63) is 52.6 Å². The molecule has 134 valence electrons. The lowest BCUT2D eigenvalue weighted by Gasteiger charge is -2.18. The lowest BCUT2D eigenvalue weighted by molar-refractivity contribution is -0.115. The number of hydrogen-bond acceptors (Lipinski definition) is 4. The van der Waals surface area contributed by atoms with E-state index in [2.05, 4.69) is 4.72 Å². The van der Waals surface area contributed by atoms with E-state index in [9.17, 15) is 13.2 Å². The van der Waals surface area contributed by atoms with Gasteiger partial charge in [-0.2, -0.15) is 0 Å². The molecule has 25 heavy (non-hydrogen) atoms. The van der Waals surface area contributed by atoms with Crippen molar-refractivity contribution in [2.75, 3.05) is 10.5 Å². The fourth-order valence-corrected chi connectivity index (χ4v) is 5.11. The van der Waals surface area contributed by atoms with Gasteiger partial charge in [0.2, 0.25) is 5.91 Å². The van der Waals surface area contributed by atoms with E-state index in [1.165, 1.54) is 11.8 Å². The summed E-state index contributed by atoms with van der Waals surface area (Å²) in [6.45, 7) is 7.42. The molecule has 0 aliphatic heterocycles. The number of hydrogen-bond donors (Lipinski definition) is 2. The highest BCUT2D eigenvalue weighted by molar-refractivity contribution is 8.00. The summed E-state index contributed by atoms with van der Waals surface area (Å²) in [5.74, 6) is -0.371. The number of amides is 1. The zero-order valence-corrected chi connectivity index (χ0v) is 16.3. The van der Waals surface area contributed by atoms with E-state index in [-0.39, 0.29) is 5.75 Å². The molecule has 0 bridgehead atoms. The Balaban J connectivity index is 2.46. The van der Waals surface area contributed by atoms with E-state index in [1.807, 2.05) is 33.8 Å². The first-order chi connectivity index (χ1) is 11.6. The quantitative estimate of drug-likeness (QED) is 0.755. The van der Waals surface area contributed by atoms with Crippen LogP contribution in [-0.4, -0.2) is 20.1 Å². The first-order valence-corrected chi connectivity index (χ1v) is 10.2. The third kappa shape index (κ3) is 4.35. The van der Waals surface area contributed by atoms with Gasteiger partial charge in [-0.3, -0.25) is 9.52 Å². The van der Waals surface area contributed by atoms with Gasteiger partial charge in [0.15, 0.2) is 0 Å². The van der Waals surface area contributed by atoms with Crippen LogP contribution in [0.4, 0.5) is 5.69 Å². The summed E-state index contributed by atoms with van der Waals surface area (Å²) >= 11 is 1.20. The highest BCUT2D eigenvalue weighted by Gasteiger charge is 2.23. The number of carbonyl (C=O) groups is 1. The number of nitrogens with one attached hydrogen (secondary N) is 1. The summed E-state index contributed by atoms with van der Waals surface area (Å²) in [6.07, 6.45) is 0. The van der Waals surface area contributed by atoms with Gasteiger partial charge in [-0.25, -0.2) is 8.42 Å². The second-order valence-corrected chi connectivity index (χ2v) is 8.58. The summed E-state index contributed by atoms with van der Waals surface area (Å²) in [5.41, 5.74) is 8.95. The van der Waals surface area contributed by atoms with Crippen LogP contribution in [0.2, 0.25) is 0 Å². The molecular formula is C18H22N2O3S2. The minimum atomic E-state index is -3.76. The number of anilines is 1. The van der Waals surface area contributed by atoms with Gasteiger partial charge in [-0.15, -0.1) is 11.8 Å². The fraction of sp³-hybridized carbons (Fsp3) is 0.278. The van der Waals surface area contributed by atoms with Crippen LogP contribution in [0.25, 0.3) is 0 Å². The van der Waals surface area contributed by atoms with Crippen molar-refractivity contribution >= 4 is 33.4 Å². The van der Waals surface area contributed by atoms with Gasteiger partial charge in [0, 0.05) is 4.90 Å². The van der Waals surface area contributed by atoms with Crippen molar-refractivity contribution in [1.29, 1.82) is 0 Å². The summed E-state index contributed by atoms with van der Waals surface area (Å²) in [4.78, 5) is 12.0. The van der Waals surface area contributed by atoms with Crippen molar-refractivity contribution < 1.29 is 13.2 Å². The Labute approximate surface area is 153 Å². The highest BCUT2D eigenvalue weighted by atomic mass is 32.2. The Hall–Kier alpha value is -1.99. The topological polar surface area (TPSA) is 89.3 Å². The largest absolute Gasteiger partial charge is 0.369 e. The van der Waals surface area contributed by atoms with Crippen LogP contribution in [0.5, 0.6) is 0 Å². The Morgan fingerprint density at radius 3 is 2.20 bits per heavy atom. The Bertz CT molecular complexity index is 896. The van der Waals surface area contributed by atoms with Crippen LogP contribution < -0.4 is 10.5 Å². The third-order valence-electron chi connectivity index (χ3n) is 4.07. The molecule has 0 radical (unpaired) electrons. The smallest absolute Gasteiger partial charge is 0.262 e. The van der Waals surface area contributed by atoms with E-state index < -0.39 is 15.9 Å². The number of primary amides is 1. The monoisotopic (exact) mass is 378 g/mol. The summed E-state index contributed by atoms with van der Waals surface area (Å²) in [5, 5.41) is 0. The Morgan fingerprint density at radius 1 is 1.08 bits per heavy atom. The van der Waals surface area contributed by atoms with E-state index in [0.29, 0.717) is 15.5 Å². The standard InChI is InChI=1S/C18H22N2O3S2/c1-11-9-12(2)14(4)18(13(11)3)25(22,23)20-15-7-5-6-8-16(15)24-10-17(19)21/h5-9,20H,10H2,1-4H3,(H2,19,21). The first-order valence-electron chi connectivity index (χ1n) is 7.74. The third-order valence-corrected chi connectivity index (χ3v) is 6.80. The van der Waals surface area contributed by atoms with Crippen LogP contribution in [-0.2, 0) is 14.8 Å². The second-order valence-electron chi connectivity index (χ2n) is 5.95. The number of thioether (sulfide) groups is 1. The van der Waals surface area contributed by atoms with Gasteiger partial charge in [0.05, 0.1) is 16.3 Å². The lowest BCUT2D eigenvalue weighted by atomic mass is 10.0. The molecule has 2 aromatic carbocycles. The molecule has 0 aliphatic carbocycles. The molecule has 0 aromatic heterocycles. The summed E-state index contributed by atoms with van der Waals surface area (Å²) < 4.78 is 28.7. The van der Waals surface area contributed by atoms with E-state index in [0.717, 1.165) is 22.3 Å². The average molecular weight is 379 g/mol. The predicted molar refractivity (Wildman–Crippen MR) is 103 cm³/mol. The number of rotatable bonds is 6. The van der Waals surface area contributed by atoms with Gasteiger partial charge in [-0.1, -0.05) is 18.2 Å². The Kier molecular flexibility index (Phi) is 5.80. The van der Waals surface area contributed by atoms with Crippen molar-refractivity contribution in [3.63, 3.8) is 0 Å². The van der Waals surface area contributed by atoms with Crippen molar-refractivity contribution in [2.45, 2.75) is 37.5 Å². The van der Waals surface area contributed by atoms with E-state index >= 15 is 0 Å². The van der Waals surface area contributed by atoms with Crippen molar-refractivity contribution in [1.82, 2.24) is 0 Å². The molecule has 0 unspecified atom stereocenters. The van der Waals surface area contributed by atoms with Crippen LogP contribution in [0, 0.1) is 27.7 Å². The number of sulfonamides is 1. The van der Waals surface area contributed by atoms with Crippen LogP contribution in [0.1, 0.15) is 22.3 Å². The van der Waals surface area contributed by atoms with E-state index in [1.54, 1.807) is 24.3 Å². The Morgan fingerprint density at radius 2 is 1.64 bits per heavy atom. The SMILES string of the molecule is Cc1cc(C)c(C)c(S(=O)(=O)Nc2ccccc2SCC(N)=O)c1C. The number of para-hydroxylation sites is 1. The highest BCUT2D eigenvalue weighted by Crippen LogP contribution is 2.31. The lowest BCUT2D eigenvalue weighted by Crippen LogP contribution is -2.18. The minimum Gasteiger partial charge on any atom is -0.369 e. The first kappa shape index (κ1) is 19.3. The molecule has 0 saturated carbocycles. The summed E-state index contributed by atoms with van der Waals surface area (Å²) in [6, 6.07) is 8.95. The van der Waals surface area contributed by atoms with Gasteiger partial charge < -0.3 is 5.73 Å². The fourth-order valence-electron chi connectivity index (χ4n) is 2.61. The van der Waals surface area contributed by atoms with Gasteiger partial charge >= 0.3 is 0 Å². The van der Waals surface area contributed by atoms with E-state index in [4.69, 9.17) is 5.73 Å². The molecule has 0 fully saturated rings. The van der Waals surface area contributed by atoms with Crippen molar-refractivity contribution in [3.8, 4) is 0 Å². The molecule has 0 spiro atoms. The molecule has 2 aromatic rings. The molecule has 0 heterocycles.